The highest BCUT2D eigenvalue weighted by Gasteiger charge is 2.26. The maximum atomic E-state index is 4.42. The molecule has 1 aliphatic heterocycles. The van der Waals surface area contributed by atoms with Crippen LogP contribution in [0.15, 0.2) is 30.7 Å². The summed E-state index contributed by atoms with van der Waals surface area (Å²) in [6.45, 7) is 3.91. The van der Waals surface area contributed by atoms with Crippen LogP contribution in [0.4, 0.5) is 11.6 Å². The van der Waals surface area contributed by atoms with Crippen molar-refractivity contribution in [3.63, 3.8) is 0 Å². The first-order valence-corrected chi connectivity index (χ1v) is 8.15. The minimum absolute atomic E-state index is 0.370. The van der Waals surface area contributed by atoms with E-state index in [2.05, 4.69) is 48.2 Å². The van der Waals surface area contributed by atoms with Crippen LogP contribution in [0.2, 0.25) is 0 Å². The number of aromatic nitrogens is 6. The third-order valence-electron chi connectivity index (χ3n) is 4.55. The van der Waals surface area contributed by atoms with Gasteiger partial charge in [-0.05, 0) is 31.9 Å². The fourth-order valence-electron chi connectivity index (χ4n) is 3.29. The Balaban J connectivity index is 1.61. The van der Waals surface area contributed by atoms with Crippen molar-refractivity contribution in [3.05, 3.63) is 36.4 Å². The Labute approximate surface area is 140 Å². The Bertz CT molecular complexity index is 830. The molecule has 1 unspecified atom stereocenters. The number of anilines is 2. The van der Waals surface area contributed by atoms with E-state index in [4.69, 9.17) is 0 Å². The molecule has 8 heteroatoms. The molecule has 0 radical (unpaired) electrons. The van der Waals surface area contributed by atoms with Crippen molar-refractivity contribution in [2.75, 3.05) is 29.9 Å². The van der Waals surface area contributed by atoms with E-state index in [0.29, 0.717) is 11.8 Å². The lowest BCUT2D eigenvalue weighted by atomic mass is 10.0. The Kier molecular flexibility index (Phi) is 3.72. The summed E-state index contributed by atoms with van der Waals surface area (Å²) in [6, 6.07) is 6.38. The second-order valence-electron chi connectivity index (χ2n) is 6.16. The van der Waals surface area contributed by atoms with E-state index >= 15 is 0 Å². The quantitative estimate of drug-likeness (QED) is 0.719. The van der Waals surface area contributed by atoms with Gasteiger partial charge in [-0.2, -0.15) is 19.7 Å². The van der Waals surface area contributed by atoms with Gasteiger partial charge in [-0.15, -0.1) is 5.10 Å². The lowest BCUT2D eigenvalue weighted by Crippen LogP contribution is -2.47. The molecule has 0 spiro atoms. The van der Waals surface area contributed by atoms with Crippen molar-refractivity contribution < 1.29 is 0 Å². The molecule has 0 aliphatic carbocycles. The number of aryl methyl sites for hydroxylation is 1. The Morgan fingerprint density at radius 1 is 1.33 bits per heavy atom. The van der Waals surface area contributed by atoms with Crippen LogP contribution in [-0.2, 0) is 0 Å². The molecule has 4 heterocycles. The highest BCUT2D eigenvalue weighted by atomic mass is 15.4. The minimum Gasteiger partial charge on any atom is -0.355 e. The number of piperidine rings is 1. The summed E-state index contributed by atoms with van der Waals surface area (Å²) >= 11 is 0. The molecule has 1 aliphatic rings. The second kappa shape index (κ2) is 6.03. The van der Waals surface area contributed by atoms with Gasteiger partial charge in [0.15, 0.2) is 5.82 Å². The first-order valence-electron chi connectivity index (χ1n) is 8.15. The van der Waals surface area contributed by atoms with Gasteiger partial charge >= 0.3 is 0 Å². The van der Waals surface area contributed by atoms with E-state index < -0.39 is 0 Å². The third-order valence-corrected chi connectivity index (χ3v) is 4.55. The highest BCUT2D eigenvalue weighted by Crippen LogP contribution is 2.24. The summed E-state index contributed by atoms with van der Waals surface area (Å²) in [5.74, 6) is 2.59. The summed E-state index contributed by atoms with van der Waals surface area (Å²) in [6.07, 6.45) is 5.51. The zero-order chi connectivity index (χ0) is 16.5. The molecule has 0 amide bonds. The number of fused-ring (bicyclic) bond motifs is 1. The monoisotopic (exact) mass is 324 g/mol. The Morgan fingerprint density at radius 3 is 3.08 bits per heavy atom. The standard InChI is InChI=1S/C16H20N8/c1-12-9-15(24-16(20-12)17-11-19-24)22(2)13-5-4-8-23(10-13)14-6-3-7-18-21-14/h3,6-7,9,11,13H,4-5,8,10H2,1-2H3. The van der Waals surface area contributed by atoms with Gasteiger partial charge in [0.2, 0.25) is 0 Å². The van der Waals surface area contributed by atoms with Crippen LogP contribution >= 0.6 is 0 Å². The summed E-state index contributed by atoms with van der Waals surface area (Å²) in [4.78, 5) is 13.2. The fraction of sp³-hybridized carbons (Fsp3) is 0.438. The van der Waals surface area contributed by atoms with Crippen LogP contribution in [0.3, 0.4) is 0 Å². The van der Waals surface area contributed by atoms with Gasteiger partial charge in [-0.25, -0.2) is 4.98 Å². The predicted molar refractivity (Wildman–Crippen MR) is 91.2 cm³/mol. The number of hydrogen-bond acceptors (Lipinski definition) is 7. The molecule has 1 fully saturated rings. The number of likely N-dealkylation sites (N-methyl/N-ethyl adjacent to an activating group) is 1. The number of rotatable bonds is 3. The molecular weight excluding hydrogens is 304 g/mol. The van der Waals surface area contributed by atoms with Crippen LogP contribution in [0.1, 0.15) is 18.5 Å². The van der Waals surface area contributed by atoms with Crippen LogP contribution in [-0.4, -0.2) is 56.0 Å². The summed E-state index contributed by atoms with van der Waals surface area (Å²) in [5.41, 5.74) is 0.943. The fourth-order valence-corrected chi connectivity index (χ4v) is 3.29. The second-order valence-corrected chi connectivity index (χ2v) is 6.16. The van der Waals surface area contributed by atoms with Gasteiger partial charge in [-0.3, -0.25) is 0 Å². The SMILES string of the molecule is Cc1cc(N(C)C2CCCN(c3cccnn3)C2)n2ncnc2n1. The molecule has 3 aromatic rings. The van der Waals surface area contributed by atoms with Gasteiger partial charge in [0, 0.05) is 44.1 Å². The molecule has 0 aromatic carbocycles. The first kappa shape index (κ1) is 14.8. The van der Waals surface area contributed by atoms with E-state index in [1.54, 1.807) is 17.0 Å². The molecule has 1 atom stereocenters. The van der Waals surface area contributed by atoms with E-state index in [0.717, 1.165) is 43.3 Å². The molecule has 8 nitrogen and oxygen atoms in total. The Morgan fingerprint density at radius 2 is 2.25 bits per heavy atom. The maximum Gasteiger partial charge on any atom is 0.254 e. The van der Waals surface area contributed by atoms with Crippen LogP contribution < -0.4 is 9.80 Å². The van der Waals surface area contributed by atoms with E-state index in [-0.39, 0.29) is 0 Å². The topological polar surface area (TPSA) is 75.3 Å². The molecule has 0 bridgehead atoms. The Hall–Kier alpha value is -2.77. The van der Waals surface area contributed by atoms with Gasteiger partial charge in [0.25, 0.3) is 5.78 Å². The predicted octanol–water partition coefficient (Wildman–Crippen LogP) is 1.33. The van der Waals surface area contributed by atoms with Crippen LogP contribution in [0.25, 0.3) is 5.78 Å². The van der Waals surface area contributed by atoms with E-state index in [1.165, 1.54) is 0 Å². The first-order chi connectivity index (χ1) is 11.7. The zero-order valence-corrected chi connectivity index (χ0v) is 13.9. The van der Waals surface area contributed by atoms with Crippen molar-refractivity contribution in [1.29, 1.82) is 0 Å². The molecule has 124 valence electrons. The lowest BCUT2D eigenvalue weighted by molar-refractivity contribution is 0.480. The zero-order valence-electron chi connectivity index (χ0n) is 13.9. The average molecular weight is 324 g/mol. The molecule has 0 saturated carbocycles. The largest absolute Gasteiger partial charge is 0.355 e. The highest BCUT2D eigenvalue weighted by molar-refractivity contribution is 5.48. The molecule has 1 saturated heterocycles. The van der Waals surface area contributed by atoms with Gasteiger partial charge in [0.1, 0.15) is 12.1 Å². The summed E-state index contributed by atoms with van der Waals surface area (Å²) in [7, 11) is 2.11. The maximum absolute atomic E-state index is 4.42. The van der Waals surface area contributed by atoms with Crippen molar-refractivity contribution in [2.24, 2.45) is 0 Å². The summed E-state index contributed by atoms with van der Waals surface area (Å²) in [5, 5.41) is 12.6. The summed E-state index contributed by atoms with van der Waals surface area (Å²) < 4.78 is 1.80. The van der Waals surface area contributed by atoms with Crippen molar-refractivity contribution in [1.82, 2.24) is 29.8 Å². The smallest absolute Gasteiger partial charge is 0.254 e. The number of nitrogens with zero attached hydrogens (tertiary/aromatic N) is 8. The normalized spacial score (nSPS) is 18.1. The van der Waals surface area contributed by atoms with Crippen molar-refractivity contribution in [3.8, 4) is 0 Å². The molecule has 4 rings (SSSR count). The molecule has 0 N–H and O–H groups in total. The minimum atomic E-state index is 0.370. The molecule has 24 heavy (non-hydrogen) atoms. The van der Waals surface area contributed by atoms with Crippen LogP contribution in [0, 0.1) is 6.92 Å². The average Bonchev–Trinajstić information content (AvgIpc) is 3.09. The molecular formula is C16H20N8. The van der Waals surface area contributed by atoms with Gasteiger partial charge in [-0.1, -0.05) is 0 Å². The third kappa shape index (κ3) is 2.64. The lowest BCUT2D eigenvalue weighted by Gasteiger charge is -2.38. The van der Waals surface area contributed by atoms with Gasteiger partial charge < -0.3 is 9.80 Å². The van der Waals surface area contributed by atoms with Crippen molar-refractivity contribution in [2.45, 2.75) is 25.8 Å². The van der Waals surface area contributed by atoms with Crippen molar-refractivity contribution >= 4 is 17.4 Å². The number of hydrogen-bond donors (Lipinski definition) is 0. The van der Waals surface area contributed by atoms with E-state index in [1.807, 2.05) is 19.1 Å². The van der Waals surface area contributed by atoms with E-state index in [9.17, 15) is 0 Å². The molecule has 3 aromatic heterocycles. The van der Waals surface area contributed by atoms with Crippen LogP contribution in [0.5, 0.6) is 0 Å². The van der Waals surface area contributed by atoms with Gasteiger partial charge in [0.05, 0.1) is 0 Å².